The Hall–Kier alpha value is -1.70. The molecule has 2 saturated heterocycles. The van der Waals surface area contributed by atoms with Crippen molar-refractivity contribution in [2.24, 2.45) is 0 Å². The maximum Gasteiger partial charge on any atom is 0.274 e. The lowest BCUT2D eigenvalue weighted by Gasteiger charge is -2.40. The zero-order valence-electron chi connectivity index (χ0n) is 15.1. The number of nitrogens with zero attached hydrogens (tertiary/aromatic N) is 3. The van der Waals surface area contributed by atoms with Crippen molar-refractivity contribution in [3.8, 4) is 0 Å². The van der Waals surface area contributed by atoms with E-state index >= 15 is 0 Å². The number of ether oxygens (including phenoxy) is 1. The van der Waals surface area contributed by atoms with Crippen LogP contribution in [0.4, 0.5) is 5.69 Å². The van der Waals surface area contributed by atoms with Gasteiger partial charge in [0.05, 0.1) is 4.92 Å². The number of halogens is 1. The van der Waals surface area contributed by atoms with Gasteiger partial charge in [0.25, 0.3) is 11.6 Å². The van der Waals surface area contributed by atoms with E-state index in [4.69, 9.17) is 16.3 Å². The van der Waals surface area contributed by atoms with E-state index < -0.39 is 4.92 Å². The van der Waals surface area contributed by atoms with E-state index in [1.54, 1.807) is 13.0 Å². The number of nitro benzene ring substituents is 1. The Morgan fingerprint density at radius 1 is 1.42 bits per heavy atom. The second kappa shape index (κ2) is 7.90. The van der Waals surface area contributed by atoms with Gasteiger partial charge in [0.2, 0.25) is 0 Å². The molecule has 142 valence electrons. The van der Waals surface area contributed by atoms with E-state index in [9.17, 15) is 14.9 Å². The van der Waals surface area contributed by atoms with Crippen LogP contribution in [0.15, 0.2) is 12.1 Å². The molecule has 0 radical (unpaired) electrons. The summed E-state index contributed by atoms with van der Waals surface area (Å²) in [5.74, 6) is 0.0872. The third kappa shape index (κ3) is 4.00. The van der Waals surface area contributed by atoms with Gasteiger partial charge >= 0.3 is 0 Å². The van der Waals surface area contributed by atoms with Gasteiger partial charge in [-0.15, -0.1) is 0 Å². The quantitative estimate of drug-likeness (QED) is 0.592. The van der Waals surface area contributed by atoms with Crippen LogP contribution in [-0.2, 0) is 16.1 Å². The van der Waals surface area contributed by atoms with E-state index in [-0.39, 0.29) is 23.7 Å². The fourth-order valence-electron chi connectivity index (χ4n) is 3.78. The second-order valence-corrected chi connectivity index (χ2v) is 7.52. The van der Waals surface area contributed by atoms with E-state index in [2.05, 4.69) is 4.90 Å². The van der Waals surface area contributed by atoms with Gasteiger partial charge in [0.15, 0.2) is 0 Å². The molecule has 0 bridgehead atoms. The summed E-state index contributed by atoms with van der Waals surface area (Å²) in [5.41, 5.74) is 1.55. The average molecular weight is 382 g/mol. The van der Waals surface area contributed by atoms with Gasteiger partial charge in [-0.3, -0.25) is 19.8 Å². The Balaban J connectivity index is 1.66. The first-order valence-electron chi connectivity index (χ1n) is 8.94. The van der Waals surface area contributed by atoms with Crippen molar-refractivity contribution in [2.45, 2.75) is 45.4 Å². The summed E-state index contributed by atoms with van der Waals surface area (Å²) in [7, 11) is 0. The van der Waals surface area contributed by atoms with Crippen molar-refractivity contribution >= 4 is 23.2 Å². The highest BCUT2D eigenvalue weighted by Crippen LogP contribution is 2.28. The van der Waals surface area contributed by atoms with Crippen LogP contribution >= 0.6 is 11.6 Å². The van der Waals surface area contributed by atoms with Gasteiger partial charge in [-0.05, 0) is 38.3 Å². The molecule has 1 aromatic rings. The third-order valence-corrected chi connectivity index (χ3v) is 5.46. The number of rotatable bonds is 4. The van der Waals surface area contributed by atoms with Crippen LogP contribution in [0.1, 0.15) is 30.9 Å². The van der Waals surface area contributed by atoms with Crippen LogP contribution < -0.4 is 0 Å². The molecule has 2 heterocycles. The van der Waals surface area contributed by atoms with Crippen molar-refractivity contribution in [1.29, 1.82) is 0 Å². The second-order valence-electron chi connectivity index (χ2n) is 7.08. The Labute approximate surface area is 158 Å². The minimum Gasteiger partial charge on any atom is -0.368 e. The molecule has 7 nitrogen and oxygen atoms in total. The van der Waals surface area contributed by atoms with Crippen LogP contribution in [0.2, 0.25) is 5.02 Å². The number of carbonyl (C=O) groups is 1. The normalized spacial score (nSPS) is 24.0. The molecule has 2 aliphatic rings. The van der Waals surface area contributed by atoms with E-state index in [0.717, 1.165) is 31.5 Å². The molecule has 1 aromatic carbocycles. The Bertz CT molecular complexity index is 706. The molecular formula is C18H24ClN3O4. The van der Waals surface area contributed by atoms with Crippen LogP contribution in [0.25, 0.3) is 0 Å². The van der Waals surface area contributed by atoms with Crippen molar-refractivity contribution in [1.82, 2.24) is 9.80 Å². The fourth-order valence-corrected chi connectivity index (χ4v) is 4.01. The number of carbonyl (C=O) groups excluding carboxylic acids is 1. The molecule has 2 fully saturated rings. The molecule has 3 rings (SSSR count). The first-order chi connectivity index (χ1) is 12.4. The minimum atomic E-state index is -0.397. The summed E-state index contributed by atoms with van der Waals surface area (Å²) in [5, 5.41) is 11.6. The van der Waals surface area contributed by atoms with Gasteiger partial charge < -0.3 is 9.64 Å². The molecule has 2 aliphatic heterocycles. The number of nitro groups is 1. The number of amides is 1. The molecule has 8 heteroatoms. The highest BCUT2D eigenvalue weighted by Gasteiger charge is 2.34. The van der Waals surface area contributed by atoms with E-state index in [0.29, 0.717) is 30.3 Å². The summed E-state index contributed by atoms with van der Waals surface area (Å²) in [6.07, 6.45) is 1.45. The predicted octanol–water partition coefficient (Wildman–Crippen LogP) is 2.77. The minimum absolute atomic E-state index is 0.0488. The summed E-state index contributed by atoms with van der Waals surface area (Å²) >= 11 is 6.06. The third-order valence-electron chi connectivity index (χ3n) is 5.24. The van der Waals surface area contributed by atoms with Crippen molar-refractivity contribution in [3.05, 3.63) is 38.4 Å². The van der Waals surface area contributed by atoms with Gasteiger partial charge in [0.1, 0.15) is 6.10 Å². The summed E-state index contributed by atoms with van der Waals surface area (Å²) in [4.78, 5) is 27.5. The number of hydrogen-bond donors (Lipinski definition) is 0. The van der Waals surface area contributed by atoms with Crippen molar-refractivity contribution < 1.29 is 14.5 Å². The molecule has 0 N–H and O–H groups in total. The molecule has 0 aliphatic carbocycles. The first kappa shape index (κ1) is 19.1. The van der Waals surface area contributed by atoms with E-state index in [1.807, 2.05) is 11.8 Å². The SMILES string of the molecule is Cc1c(CN2CCN(C(=O)[C@H]3CCCO3)[C@@H](C)C2)cc(Cl)cc1[N+](=O)[O-]. The average Bonchev–Trinajstić information content (AvgIpc) is 3.11. The zero-order valence-corrected chi connectivity index (χ0v) is 15.9. The van der Waals surface area contributed by atoms with E-state index in [1.165, 1.54) is 6.07 Å². The molecule has 0 spiro atoms. The standard InChI is InChI=1S/C18H24ClN3O4/c1-12-10-20(5-6-21(12)18(23)17-4-3-7-26-17)11-14-8-15(19)9-16(13(14)2)22(24)25/h8-9,12,17H,3-7,10-11H2,1-2H3/t12-,17+/m0/s1. The Morgan fingerprint density at radius 3 is 2.81 bits per heavy atom. The van der Waals surface area contributed by atoms with Crippen molar-refractivity contribution in [2.75, 3.05) is 26.2 Å². The molecular weight excluding hydrogens is 358 g/mol. The van der Waals surface area contributed by atoms with Gasteiger partial charge in [-0.2, -0.15) is 0 Å². The largest absolute Gasteiger partial charge is 0.368 e. The monoisotopic (exact) mass is 381 g/mol. The lowest BCUT2D eigenvalue weighted by Crippen LogP contribution is -2.55. The summed E-state index contributed by atoms with van der Waals surface area (Å²) in [6, 6.07) is 3.26. The number of piperazine rings is 1. The topological polar surface area (TPSA) is 75.9 Å². The maximum absolute atomic E-state index is 12.6. The molecule has 26 heavy (non-hydrogen) atoms. The summed E-state index contributed by atoms with van der Waals surface area (Å²) < 4.78 is 5.52. The predicted molar refractivity (Wildman–Crippen MR) is 98.3 cm³/mol. The fraction of sp³-hybridized carbons (Fsp3) is 0.611. The lowest BCUT2D eigenvalue weighted by atomic mass is 10.0. The van der Waals surface area contributed by atoms with Crippen molar-refractivity contribution in [3.63, 3.8) is 0 Å². The Kier molecular flexibility index (Phi) is 5.79. The van der Waals surface area contributed by atoms with Crippen LogP contribution in [0.3, 0.4) is 0 Å². The number of hydrogen-bond acceptors (Lipinski definition) is 5. The van der Waals surface area contributed by atoms with Gasteiger partial charge in [-0.25, -0.2) is 0 Å². The molecule has 0 saturated carbocycles. The molecule has 0 unspecified atom stereocenters. The van der Waals surface area contributed by atoms with Crippen LogP contribution in [0, 0.1) is 17.0 Å². The smallest absolute Gasteiger partial charge is 0.274 e. The maximum atomic E-state index is 12.6. The first-order valence-corrected chi connectivity index (χ1v) is 9.32. The highest BCUT2D eigenvalue weighted by molar-refractivity contribution is 6.30. The lowest BCUT2D eigenvalue weighted by molar-refractivity contribution is -0.385. The van der Waals surface area contributed by atoms with Gasteiger partial charge in [-0.1, -0.05) is 11.6 Å². The molecule has 1 amide bonds. The highest BCUT2D eigenvalue weighted by atomic mass is 35.5. The van der Waals surface area contributed by atoms with Gasteiger partial charge in [0, 0.05) is 55.5 Å². The molecule has 2 atom stereocenters. The summed E-state index contributed by atoms with van der Waals surface area (Å²) in [6.45, 7) is 7.12. The zero-order chi connectivity index (χ0) is 18.8. The molecule has 0 aromatic heterocycles. The van der Waals surface area contributed by atoms with Crippen LogP contribution in [0.5, 0.6) is 0 Å². The number of benzene rings is 1. The van der Waals surface area contributed by atoms with Crippen LogP contribution in [-0.4, -0.2) is 59.0 Å². The Morgan fingerprint density at radius 2 is 2.19 bits per heavy atom.